The van der Waals surface area contributed by atoms with Gasteiger partial charge in [0.05, 0.1) is 17.0 Å². The molecule has 1 N–H and O–H groups in total. The Morgan fingerprint density at radius 3 is 2.52 bits per heavy atom. The van der Waals surface area contributed by atoms with E-state index in [1.54, 1.807) is 30.3 Å². The molecule has 0 spiro atoms. The summed E-state index contributed by atoms with van der Waals surface area (Å²) in [5, 5.41) is 17.4. The van der Waals surface area contributed by atoms with Crippen LogP contribution in [0.3, 0.4) is 0 Å². The fourth-order valence-electron chi connectivity index (χ4n) is 2.74. The Kier molecular flexibility index (Phi) is 5.66. The molecule has 0 saturated carbocycles. The second kappa shape index (κ2) is 8.87. The van der Waals surface area contributed by atoms with Crippen molar-refractivity contribution < 1.29 is 19.0 Å². The summed E-state index contributed by atoms with van der Waals surface area (Å²) >= 11 is 0. The molecule has 0 fully saturated rings. The average molecular weight is 416 g/mol. The maximum atomic E-state index is 12.3. The Hall–Kier alpha value is -4.53. The molecule has 2 aromatic heterocycles. The van der Waals surface area contributed by atoms with Gasteiger partial charge < -0.3 is 14.6 Å². The summed E-state index contributed by atoms with van der Waals surface area (Å²) < 4.78 is 10.8. The first-order chi connectivity index (χ1) is 15.1. The van der Waals surface area contributed by atoms with Crippen LogP contribution < -0.4 is 10.1 Å². The third kappa shape index (κ3) is 4.91. The summed E-state index contributed by atoms with van der Waals surface area (Å²) in [5.74, 6) is 1.15. The topological polar surface area (TPSA) is 120 Å². The van der Waals surface area contributed by atoms with Crippen LogP contribution >= 0.6 is 0 Å². The largest absolute Gasteiger partial charge is 0.439 e. The van der Waals surface area contributed by atoms with E-state index in [9.17, 15) is 14.9 Å². The van der Waals surface area contributed by atoms with E-state index in [4.69, 9.17) is 9.26 Å². The highest BCUT2D eigenvalue weighted by atomic mass is 16.6. The summed E-state index contributed by atoms with van der Waals surface area (Å²) in [6.45, 7) is 0.126. The molecule has 0 atom stereocenters. The van der Waals surface area contributed by atoms with E-state index in [-0.39, 0.29) is 18.1 Å². The van der Waals surface area contributed by atoms with Crippen molar-refractivity contribution in [2.75, 3.05) is 0 Å². The molecule has 4 aromatic rings. The van der Waals surface area contributed by atoms with Crippen molar-refractivity contribution in [1.29, 1.82) is 0 Å². The Balaban J connectivity index is 1.34. The van der Waals surface area contributed by atoms with Crippen molar-refractivity contribution in [3.05, 3.63) is 100 Å². The molecule has 31 heavy (non-hydrogen) atoms. The van der Waals surface area contributed by atoms with Gasteiger partial charge >= 0.3 is 0 Å². The molecule has 154 valence electrons. The fraction of sp³-hybridized carbons (Fsp3) is 0.0455. The molecule has 0 saturated heterocycles. The predicted molar refractivity (Wildman–Crippen MR) is 111 cm³/mol. The smallest absolute Gasteiger partial charge is 0.269 e. The van der Waals surface area contributed by atoms with Crippen molar-refractivity contribution in [3.63, 3.8) is 0 Å². The number of ether oxygens (including phenoxy) is 1. The molecule has 0 bridgehead atoms. The van der Waals surface area contributed by atoms with E-state index in [0.717, 1.165) is 0 Å². The number of non-ortho nitro benzene ring substituents is 1. The van der Waals surface area contributed by atoms with Gasteiger partial charge in [0.15, 0.2) is 5.76 Å². The number of para-hydroxylation sites is 1. The van der Waals surface area contributed by atoms with Gasteiger partial charge in [0.2, 0.25) is 5.88 Å². The third-order valence-electron chi connectivity index (χ3n) is 4.32. The van der Waals surface area contributed by atoms with Crippen LogP contribution in [0.4, 0.5) is 5.69 Å². The van der Waals surface area contributed by atoms with Crippen LogP contribution in [0.25, 0.3) is 11.3 Å². The first-order valence-electron chi connectivity index (χ1n) is 9.26. The van der Waals surface area contributed by atoms with Gasteiger partial charge in [-0.2, -0.15) is 0 Å². The van der Waals surface area contributed by atoms with Crippen LogP contribution in [0.1, 0.15) is 16.1 Å². The lowest BCUT2D eigenvalue weighted by molar-refractivity contribution is -0.384. The number of carbonyl (C=O) groups excluding carboxylic acids is 1. The zero-order valence-corrected chi connectivity index (χ0v) is 16.1. The normalized spacial score (nSPS) is 10.5. The third-order valence-corrected chi connectivity index (χ3v) is 4.32. The van der Waals surface area contributed by atoms with E-state index < -0.39 is 4.92 Å². The number of rotatable bonds is 7. The maximum Gasteiger partial charge on any atom is 0.269 e. The van der Waals surface area contributed by atoms with Crippen LogP contribution in [-0.4, -0.2) is 21.0 Å². The number of pyridine rings is 1. The molecular formula is C22H16N4O5. The quantitative estimate of drug-likeness (QED) is 0.351. The van der Waals surface area contributed by atoms with Gasteiger partial charge in [-0.05, 0) is 30.3 Å². The minimum Gasteiger partial charge on any atom is -0.439 e. The highest BCUT2D eigenvalue weighted by Crippen LogP contribution is 2.22. The SMILES string of the molecule is O=C(NCc1cc(-c2ccc([N+](=O)[O-])cc2)no1)c1ccc(Oc2ccccc2)nc1. The van der Waals surface area contributed by atoms with E-state index >= 15 is 0 Å². The molecule has 4 rings (SSSR count). The second-order valence-corrected chi connectivity index (χ2v) is 6.47. The van der Waals surface area contributed by atoms with Crippen LogP contribution in [-0.2, 0) is 6.54 Å². The van der Waals surface area contributed by atoms with Gasteiger partial charge in [0.1, 0.15) is 11.4 Å². The molecule has 9 nitrogen and oxygen atoms in total. The van der Waals surface area contributed by atoms with Crippen molar-refractivity contribution in [3.8, 4) is 22.9 Å². The molecule has 1 amide bonds. The van der Waals surface area contributed by atoms with Gasteiger partial charge in [-0.25, -0.2) is 4.98 Å². The number of aromatic nitrogens is 2. The van der Waals surface area contributed by atoms with Gasteiger partial charge in [0, 0.05) is 36.0 Å². The highest BCUT2D eigenvalue weighted by molar-refractivity contribution is 5.93. The second-order valence-electron chi connectivity index (χ2n) is 6.47. The minimum atomic E-state index is -0.470. The maximum absolute atomic E-state index is 12.3. The van der Waals surface area contributed by atoms with E-state index in [2.05, 4.69) is 15.5 Å². The number of hydrogen-bond acceptors (Lipinski definition) is 7. The lowest BCUT2D eigenvalue weighted by Gasteiger charge is -2.06. The Labute approximate surface area is 176 Å². The number of benzene rings is 2. The number of hydrogen-bond donors (Lipinski definition) is 1. The van der Waals surface area contributed by atoms with Crippen LogP contribution in [0.2, 0.25) is 0 Å². The van der Waals surface area contributed by atoms with Gasteiger partial charge in [0.25, 0.3) is 11.6 Å². The lowest BCUT2D eigenvalue weighted by Crippen LogP contribution is -2.22. The van der Waals surface area contributed by atoms with Crippen molar-refractivity contribution in [2.24, 2.45) is 0 Å². The number of nitrogens with one attached hydrogen (secondary N) is 1. The Morgan fingerprint density at radius 2 is 1.84 bits per heavy atom. The van der Waals surface area contributed by atoms with Crippen molar-refractivity contribution >= 4 is 11.6 Å². The highest BCUT2D eigenvalue weighted by Gasteiger charge is 2.12. The molecule has 0 unspecified atom stereocenters. The standard InChI is InChI=1S/C22H16N4O5/c27-22(16-8-11-21(23-13-16)30-18-4-2-1-3-5-18)24-14-19-12-20(25-31-19)15-6-9-17(10-7-15)26(28)29/h1-13H,14H2,(H,24,27). The summed E-state index contributed by atoms with van der Waals surface area (Å²) in [4.78, 5) is 26.8. The van der Waals surface area contributed by atoms with E-state index in [0.29, 0.717) is 34.2 Å². The number of nitro groups is 1. The number of nitro benzene ring substituents is 1. The molecule has 0 aliphatic heterocycles. The molecule has 9 heteroatoms. The van der Waals surface area contributed by atoms with Gasteiger partial charge in [-0.1, -0.05) is 23.4 Å². The molecule has 0 aliphatic carbocycles. The van der Waals surface area contributed by atoms with E-state index in [1.807, 2.05) is 30.3 Å². The summed E-state index contributed by atoms with van der Waals surface area (Å²) in [5.41, 5.74) is 1.55. The molecule has 0 aliphatic rings. The van der Waals surface area contributed by atoms with Crippen molar-refractivity contribution in [2.45, 2.75) is 6.54 Å². The van der Waals surface area contributed by atoms with Crippen LogP contribution in [0.15, 0.2) is 83.5 Å². The lowest BCUT2D eigenvalue weighted by atomic mass is 10.1. The zero-order chi connectivity index (χ0) is 21.6. The zero-order valence-electron chi connectivity index (χ0n) is 16.1. The van der Waals surface area contributed by atoms with Crippen molar-refractivity contribution in [1.82, 2.24) is 15.5 Å². The van der Waals surface area contributed by atoms with Gasteiger partial charge in [-0.15, -0.1) is 0 Å². The monoisotopic (exact) mass is 416 g/mol. The summed E-state index contributed by atoms with van der Waals surface area (Å²) in [6, 6.07) is 20.1. The number of amides is 1. The summed E-state index contributed by atoms with van der Waals surface area (Å²) in [7, 11) is 0. The Morgan fingerprint density at radius 1 is 1.06 bits per heavy atom. The first-order valence-corrected chi connectivity index (χ1v) is 9.26. The molecule has 2 heterocycles. The summed E-state index contributed by atoms with van der Waals surface area (Å²) in [6.07, 6.45) is 1.43. The molecular weight excluding hydrogens is 400 g/mol. The first kappa shape index (κ1) is 19.8. The molecule has 0 radical (unpaired) electrons. The van der Waals surface area contributed by atoms with E-state index in [1.165, 1.54) is 18.3 Å². The van der Waals surface area contributed by atoms with Crippen LogP contribution in [0, 0.1) is 10.1 Å². The number of carbonyl (C=O) groups is 1. The van der Waals surface area contributed by atoms with Gasteiger partial charge in [-0.3, -0.25) is 14.9 Å². The molecule has 2 aromatic carbocycles. The van der Waals surface area contributed by atoms with Crippen LogP contribution in [0.5, 0.6) is 11.6 Å². The number of nitrogens with zero attached hydrogens (tertiary/aromatic N) is 3. The average Bonchev–Trinajstić information content (AvgIpc) is 3.28. The minimum absolute atomic E-state index is 0.00599. The fourth-order valence-corrected chi connectivity index (χ4v) is 2.74. The Bertz CT molecular complexity index is 1190. The predicted octanol–water partition coefficient (Wildman–Crippen LogP) is 4.37.